The van der Waals surface area contributed by atoms with Crippen LogP contribution in [-0.4, -0.2) is 26.7 Å². The van der Waals surface area contributed by atoms with Crippen LogP contribution in [0.2, 0.25) is 6.04 Å². The highest BCUT2D eigenvalue weighted by Crippen LogP contribution is 2.23. The predicted octanol–water partition coefficient (Wildman–Crippen LogP) is 4.87. The number of halogens is 2. The molecule has 0 aliphatic carbocycles. The summed E-state index contributed by atoms with van der Waals surface area (Å²) in [5, 5.41) is 0. The molecule has 0 aliphatic heterocycles. The van der Waals surface area contributed by atoms with Crippen LogP contribution in [0.5, 0.6) is 0 Å². The fourth-order valence-electron chi connectivity index (χ4n) is 2.67. The highest BCUT2D eigenvalue weighted by atomic mass is 28.4. The molecule has 0 atom stereocenters. The van der Waals surface area contributed by atoms with E-state index in [1.807, 2.05) is 0 Å². The van der Waals surface area contributed by atoms with Crippen molar-refractivity contribution in [2.45, 2.75) is 78.2 Å². The zero-order valence-corrected chi connectivity index (χ0v) is 18.8. The Morgan fingerprint density at radius 1 is 0.767 bits per heavy atom. The summed E-state index contributed by atoms with van der Waals surface area (Å²) in [6, 6.07) is 4.00. The van der Waals surface area contributed by atoms with Gasteiger partial charge in [0.2, 0.25) is 0 Å². The molecule has 30 heavy (non-hydrogen) atoms. The smallest absolute Gasteiger partial charge is 0.455 e. The summed E-state index contributed by atoms with van der Waals surface area (Å²) in [6.45, 7) is 4.80. The number of hydrogen-bond donors (Lipinski definition) is 0. The van der Waals surface area contributed by atoms with Crippen molar-refractivity contribution in [3.63, 3.8) is 0 Å². The Bertz CT molecular complexity index is 680. The topological polar surface area (TPSA) is 78.9 Å². The highest BCUT2D eigenvalue weighted by molar-refractivity contribution is 6.65. The second-order valence-corrected chi connectivity index (χ2v) is 9.31. The number of benzene rings is 1. The maximum Gasteiger partial charge on any atom is 0.705 e. The van der Waals surface area contributed by atoms with Crippen LogP contribution in [-0.2, 0) is 34.1 Å². The molecule has 0 bridgehead atoms. The number of carbonyl (C=O) groups is 3. The normalized spacial score (nSPS) is 11.1. The maximum atomic E-state index is 13.2. The summed E-state index contributed by atoms with van der Waals surface area (Å²) in [4.78, 5) is 35.6. The van der Waals surface area contributed by atoms with Gasteiger partial charge in [-0.25, -0.2) is 8.78 Å². The van der Waals surface area contributed by atoms with E-state index in [1.54, 1.807) is 26.8 Å². The van der Waals surface area contributed by atoms with Gasteiger partial charge in [0, 0.05) is 19.3 Å². The molecule has 0 saturated carbocycles. The van der Waals surface area contributed by atoms with E-state index in [0.29, 0.717) is 24.8 Å². The van der Waals surface area contributed by atoms with Crippen LogP contribution in [0.15, 0.2) is 18.2 Å². The van der Waals surface area contributed by atoms with Gasteiger partial charge in [-0.3, -0.25) is 14.4 Å². The van der Waals surface area contributed by atoms with Gasteiger partial charge >= 0.3 is 8.80 Å². The molecule has 1 aromatic carbocycles. The number of rotatable bonds is 13. The van der Waals surface area contributed by atoms with Gasteiger partial charge in [0.05, 0.1) is 6.04 Å². The minimum atomic E-state index is -3.83. The van der Waals surface area contributed by atoms with Crippen LogP contribution < -0.4 is 0 Å². The largest absolute Gasteiger partial charge is 0.705 e. The average Bonchev–Trinajstić information content (AvgIpc) is 2.72. The lowest BCUT2D eigenvalue weighted by Crippen LogP contribution is -2.50. The van der Waals surface area contributed by atoms with Gasteiger partial charge in [-0.1, -0.05) is 39.7 Å². The summed E-state index contributed by atoms with van der Waals surface area (Å²) in [5.41, 5.74) is 0.711. The lowest BCUT2D eigenvalue weighted by Gasteiger charge is -2.27. The van der Waals surface area contributed by atoms with E-state index in [4.69, 9.17) is 13.3 Å². The van der Waals surface area contributed by atoms with Crippen molar-refractivity contribution >= 4 is 26.7 Å². The van der Waals surface area contributed by atoms with Gasteiger partial charge in [0.15, 0.2) is 11.6 Å². The SMILES string of the molecule is CCC(=O)O[Si](CCCCCCc1ccc(F)c(F)c1)(OC(=O)CC)OC(=O)CC. The van der Waals surface area contributed by atoms with Crippen molar-refractivity contribution in [2.24, 2.45) is 0 Å². The first-order valence-electron chi connectivity index (χ1n) is 10.3. The Kier molecular flexibility index (Phi) is 11.2. The van der Waals surface area contributed by atoms with Crippen LogP contribution >= 0.6 is 0 Å². The quantitative estimate of drug-likeness (QED) is 0.319. The Labute approximate surface area is 177 Å². The molecule has 1 aromatic rings. The van der Waals surface area contributed by atoms with Gasteiger partial charge in [-0.2, -0.15) is 0 Å². The van der Waals surface area contributed by atoms with Crippen molar-refractivity contribution in [3.8, 4) is 0 Å². The third kappa shape index (κ3) is 9.02. The molecule has 0 heterocycles. The van der Waals surface area contributed by atoms with Crippen LogP contribution in [0, 0.1) is 11.6 Å². The molecule has 168 valence electrons. The van der Waals surface area contributed by atoms with E-state index in [9.17, 15) is 23.2 Å². The molecule has 0 unspecified atom stereocenters. The van der Waals surface area contributed by atoms with E-state index in [0.717, 1.165) is 18.9 Å². The molecule has 0 spiro atoms. The predicted molar refractivity (Wildman–Crippen MR) is 108 cm³/mol. The molecule has 1 rings (SSSR count). The number of unbranched alkanes of at least 4 members (excludes halogenated alkanes) is 3. The van der Waals surface area contributed by atoms with E-state index in [1.165, 1.54) is 6.07 Å². The summed E-state index contributed by atoms with van der Waals surface area (Å²) in [6.07, 6.45) is 3.54. The van der Waals surface area contributed by atoms with E-state index in [2.05, 4.69) is 0 Å². The first-order chi connectivity index (χ1) is 14.2. The van der Waals surface area contributed by atoms with Crippen molar-refractivity contribution in [3.05, 3.63) is 35.4 Å². The maximum absolute atomic E-state index is 13.2. The van der Waals surface area contributed by atoms with Crippen LogP contribution in [0.4, 0.5) is 8.78 Å². The van der Waals surface area contributed by atoms with Crippen molar-refractivity contribution in [1.82, 2.24) is 0 Å². The summed E-state index contributed by atoms with van der Waals surface area (Å²) < 4.78 is 42.3. The van der Waals surface area contributed by atoms with Crippen LogP contribution in [0.1, 0.15) is 71.3 Å². The Morgan fingerprint density at radius 2 is 1.27 bits per heavy atom. The molecule has 0 radical (unpaired) electrons. The molecular weight excluding hydrogens is 414 g/mol. The fraction of sp³-hybridized carbons (Fsp3) is 0.571. The van der Waals surface area contributed by atoms with Crippen molar-refractivity contribution in [1.29, 1.82) is 0 Å². The fourth-order valence-corrected chi connectivity index (χ4v) is 5.26. The minimum Gasteiger partial charge on any atom is -0.455 e. The first kappa shape index (κ1) is 25.7. The molecule has 0 fully saturated rings. The molecule has 0 aromatic heterocycles. The number of hydrogen-bond acceptors (Lipinski definition) is 6. The number of carbonyl (C=O) groups excluding carboxylic acids is 3. The van der Waals surface area contributed by atoms with Gasteiger partial charge < -0.3 is 13.3 Å². The standard InChI is InChI=1S/C21H30F2O6Si/c1-4-19(24)27-30(28-20(25)5-2,29-21(26)6-3)14-10-8-7-9-11-16-12-13-17(22)18(23)15-16/h12-13,15H,4-11,14H2,1-3H3. The third-order valence-electron chi connectivity index (χ3n) is 4.36. The second kappa shape index (κ2) is 13.1. The molecule has 0 aliphatic rings. The summed E-state index contributed by atoms with van der Waals surface area (Å²) >= 11 is 0. The molecule has 0 N–H and O–H groups in total. The molecular formula is C21H30F2O6Si. The molecule has 9 heteroatoms. The Balaban J connectivity index is 2.65. The molecule has 6 nitrogen and oxygen atoms in total. The van der Waals surface area contributed by atoms with Crippen molar-refractivity contribution in [2.75, 3.05) is 0 Å². The van der Waals surface area contributed by atoms with Gasteiger partial charge in [-0.05, 0) is 37.0 Å². The lowest BCUT2D eigenvalue weighted by molar-refractivity contribution is -0.150. The highest BCUT2D eigenvalue weighted by Gasteiger charge is 2.52. The van der Waals surface area contributed by atoms with Crippen LogP contribution in [0.25, 0.3) is 0 Å². The van der Waals surface area contributed by atoms with Gasteiger partial charge in [0.25, 0.3) is 17.9 Å². The zero-order valence-electron chi connectivity index (χ0n) is 17.8. The third-order valence-corrected chi connectivity index (χ3v) is 6.94. The second-order valence-electron chi connectivity index (χ2n) is 6.83. The van der Waals surface area contributed by atoms with E-state index in [-0.39, 0.29) is 25.3 Å². The van der Waals surface area contributed by atoms with Gasteiger partial charge in [0.1, 0.15) is 0 Å². The van der Waals surface area contributed by atoms with E-state index < -0.39 is 38.3 Å². The Hall–Kier alpha value is -2.29. The molecule has 0 saturated heterocycles. The summed E-state index contributed by atoms with van der Waals surface area (Å²) in [5.74, 6) is -3.50. The minimum absolute atomic E-state index is 0.0658. The number of aryl methyl sites for hydroxylation is 1. The Morgan fingerprint density at radius 3 is 1.73 bits per heavy atom. The van der Waals surface area contributed by atoms with Crippen LogP contribution in [0.3, 0.4) is 0 Å². The van der Waals surface area contributed by atoms with Crippen molar-refractivity contribution < 1.29 is 36.4 Å². The summed E-state index contributed by atoms with van der Waals surface area (Å²) in [7, 11) is -3.83. The van der Waals surface area contributed by atoms with E-state index >= 15 is 0 Å². The average molecular weight is 445 g/mol. The molecule has 0 amide bonds. The lowest BCUT2D eigenvalue weighted by atomic mass is 10.1. The first-order valence-corrected chi connectivity index (χ1v) is 12.3. The van der Waals surface area contributed by atoms with Gasteiger partial charge in [-0.15, -0.1) is 0 Å². The monoisotopic (exact) mass is 444 g/mol. The zero-order chi connectivity index (χ0) is 22.6.